The lowest BCUT2D eigenvalue weighted by Crippen LogP contribution is -2.46. The third-order valence-corrected chi connectivity index (χ3v) is 6.74. The van der Waals surface area contributed by atoms with Crippen LogP contribution in [0.4, 0.5) is 5.69 Å². The molecule has 3 aromatic carbocycles. The molecule has 0 N–H and O–H groups in total. The molecule has 0 aromatic heterocycles. The number of esters is 1. The normalized spacial score (nSPS) is 18.1. The van der Waals surface area contributed by atoms with Crippen LogP contribution in [-0.2, 0) is 16.0 Å². The molecule has 0 spiro atoms. The van der Waals surface area contributed by atoms with Crippen molar-refractivity contribution in [2.24, 2.45) is 10.1 Å². The number of para-hydroxylation sites is 1. The van der Waals surface area contributed by atoms with Crippen LogP contribution in [0.5, 0.6) is 5.75 Å². The summed E-state index contributed by atoms with van der Waals surface area (Å²) in [5.74, 6) is 1.07. The summed E-state index contributed by atoms with van der Waals surface area (Å²) in [5.41, 5.74) is 6.30. The van der Waals surface area contributed by atoms with Gasteiger partial charge in [-0.15, -0.1) is 5.10 Å². The molecule has 0 fully saturated rings. The summed E-state index contributed by atoms with van der Waals surface area (Å²) in [5, 5.41) is 6.50. The minimum Gasteiger partial charge on any atom is -0.497 e. The first-order valence-electron chi connectivity index (χ1n) is 12.1. The van der Waals surface area contributed by atoms with Gasteiger partial charge in [0.1, 0.15) is 5.75 Å². The van der Waals surface area contributed by atoms with Crippen LogP contribution in [0.15, 0.2) is 94.5 Å². The number of rotatable bonds is 5. The number of aliphatic imine (C=N–C) groups is 1. The Morgan fingerprint density at radius 3 is 2.61 bits per heavy atom. The van der Waals surface area contributed by atoms with E-state index < -0.39 is 5.97 Å². The maximum atomic E-state index is 13.2. The van der Waals surface area contributed by atoms with E-state index in [2.05, 4.69) is 24.3 Å². The molecule has 0 saturated carbocycles. The van der Waals surface area contributed by atoms with Gasteiger partial charge >= 0.3 is 5.97 Å². The Morgan fingerprint density at radius 1 is 1.00 bits per heavy atom. The number of hydrogen-bond donors (Lipinski definition) is 0. The summed E-state index contributed by atoms with van der Waals surface area (Å²) < 4.78 is 11.0. The quantitative estimate of drug-likeness (QED) is 0.474. The average molecular weight is 479 g/mol. The van der Waals surface area contributed by atoms with Crippen molar-refractivity contribution in [1.29, 1.82) is 0 Å². The average Bonchev–Trinajstić information content (AvgIpc) is 3.31. The van der Waals surface area contributed by atoms with Gasteiger partial charge in [0.25, 0.3) is 0 Å². The van der Waals surface area contributed by atoms with Crippen molar-refractivity contribution in [1.82, 2.24) is 4.90 Å². The van der Waals surface area contributed by atoms with Crippen molar-refractivity contribution >= 4 is 29.1 Å². The van der Waals surface area contributed by atoms with Crippen molar-refractivity contribution in [3.63, 3.8) is 0 Å². The van der Waals surface area contributed by atoms with E-state index in [9.17, 15) is 4.79 Å². The highest BCUT2D eigenvalue weighted by Gasteiger charge is 2.46. The molecule has 3 aromatic rings. The van der Waals surface area contributed by atoms with Gasteiger partial charge in [-0.05, 0) is 60.7 Å². The smallest absolute Gasteiger partial charge is 0.376 e. The molecule has 1 atom stereocenters. The fourth-order valence-corrected chi connectivity index (χ4v) is 5.15. The second-order valence-corrected chi connectivity index (χ2v) is 8.78. The topological polar surface area (TPSA) is 66.7 Å². The van der Waals surface area contributed by atoms with Crippen molar-refractivity contribution < 1.29 is 14.3 Å². The van der Waals surface area contributed by atoms with Crippen LogP contribution in [0.1, 0.15) is 36.1 Å². The van der Waals surface area contributed by atoms with E-state index in [0.29, 0.717) is 5.96 Å². The van der Waals surface area contributed by atoms with E-state index in [-0.39, 0.29) is 18.5 Å². The Balaban J connectivity index is 1.59. The summed E-state index contributed by atoms with van der Waals surface area (Å²) in [4.78, 5) is 20.3. The number of anilines is 1. The fraction of sp³-hybridized carbons (Fsp3) is 0.207. The van der Waals surface area contributed by atoms with Gasteiger partial charge in [-0.1, -0.05) is 54.6 Å². The number of benzene rings is 3. The van der Waals surface area contributed by atoms with Gasteiger partial charge in [-0.25, -0.2) is 9.79 Å². The fourth-order valence-electron chi connectivity index (χ4n) is 5.15. The molecule has 0 radical (unpaired) electrons. The third kappa shape index (κ3) is 3.55. The molecule has 7 heteroatoms. The number of carbonyl (C=O) groups is 1. The summed E-state index contributed by atoms with van der Waals surface area (Å²) in [6.45, 7) is 2.06. The van der Waals surface area contributed by atoms with Crippen molar-refractivity contribution in [3.05, 3.63) is 101 Å². The SMILES string of the molecule is CCOC(=O)C1=NN(c2ccccc2)C2=NC3=C(CCc4ccccc43)[C@@H](c3cccc(OC)c3)N12. The molecular weight excluding hydrogens is 452 g/mol. The predicted molar refractivity (Wildman–Crippen MR) is 140 cm³/mol. The molecule has 2 heterocycles. The van der Waals surface area contributed by atoms with E-state index >= 15 is 0 Å². The van der Waals surface area contributed by atoms with E-state index in [0.717, 1.165) is 46.7 Å². The van der Waals surface area contributed by atoms with Gasteiger partial charge in [0.15, 0.2) is 0 Å². The minimum atomic E-state index is -0.475. The maximum Gasteiger partial charge on any atom is 0.376 e. The zero-order valence-corrected chi connectivity index (χ0v) is 20.2. The third-order valence-electron chi connectivity index (χ3n) is 6.74. The van der Waals surface area contributed by atoms with Crippen LogP contribution in [-0.4, -0.2) is 36.4 Å². The second-order valence-electron chi connectivity index (χ2n) is 8.78. The standard InChI is InChI=1S/C29H26N4O3/c1-3-36-28(34)27-31-33(21-12-5-4-6-13-21)29-30-25-23-15-8-7-10-19(23)16-17-24(25)26(32(27)29)20-11-9-14-22(18-20)35-2/h4-15,18,26H,3,16-17H2,1-2H3/t26-/m1/s1. The number of aryl methyl sites for hydroxylation is 1. The molecule has 6 rings (SSSR count). The zero-order valence-electron chi connectivity index (χ0n) is 20.2. The number of fused-ring (bicyclic) bond motifs is 3. The van der Waals surface area contributed by atoms with Gasteiger partial charge in [0, 0.05) is 5.56 Å². The van der Waals surface area contributed by atoms with Gasteiger partial charge in [0.2, 0.25) is 11.8 Å². The van der Waals surface area contributed by atoms with E-state index in [1.165, 1.54) is 5.56 Å². The number of carbonyl (C=O) groups excluding carboxylic acids is 1. The largest absolute Gasteiger partial charge is 0.497 e. The molecule has 0 bridgehead atoms. The molecule has 1 aliphatic carbocycles. The lowest BCUT2D eigenvalue weighted by atomic mass is 9.82. The number of guanidine groups is 1. The zero-order chi connectivity index (χ0) is 24.6. The molecule has 2 aliphatic heterocycles. The first-order chi connectivity index (χ1) is 17.7. The number of hydrazone groups is 1. The lowest BCUT2D eigenvalue weighted by molar-refractivity contribution is -0.135. The lowest BCUT2D eigenvalue weighted by Gasteiger charge is -2.39. The second kappa shape index (κ2) is 9.00. The highest BCUT2D eigenvalue weighted by Crippen LogP contribution is 2.47. The minimum absolute atomic E-state index is 0.220. The van der Waals surface area contributed by atoms with Crippen molar-refractivity contribution in [2.45, 2.75) is 25.8 Å². The molecule has 0 saturated heterocycles. The number of nitrogens with zero attached hydrogens (tertiary/aromatic N) is 4. The number of methoxy groups -OCH3 is 1. The van der Waals surface area contributed by atoms with Crippen LogP contribution in [0.2, 0.25) is 0 Å². The molecule has 180 valence electrons. The van der Waals surface area contributed by atoms with Gasteiger partial charge in [-0.2, -0.15) is 5.01 Å². The van der Waals surface area contributed by atoms with E-state index in [1.807, 2.05) is 59.5 Å². The first-order valence-corrected chi connectivity index (χ1v) is 12.1. The van der Waals surface area contributed by atoms with Crippen molar-refractivity contribution in [3.8, 4) is 5.75 Å². The molecule has 0 unspecified atom stereocenters. The van der Waals surface area contributed by atoms with Crippen LogP contribution in [0.25, 0.3) is 5.70 Å². The van der Waals surface area contributed by atoms with E-state index in [1.54, 1.807) is 19.0 Å². The van der Waals surface area contributed by atoms with Gasteiger partial charge < -0.3 is 9.47 Å². The maximum absolute atomic E-state index is 13.2. The summed E-state index contributed by atoms with van der Waals surface area (Å²) in [7, 11) is 1.66. The first kappa shape index (κ1) is 22.1. The van der Waals surface area contributed by atoms with Gasteiger partial charge in [-0.3, -0.25) is 4.90 Å². The summed E-state index contributed by atoms with van der Waals surface area (Å²) in [6, 6.07) is 25.9. The van der Waals surface area contributed by atoms with Crippen LogP contribution in [0.3, 0.4) is 0 Å². The molecular formula is C29H26N4O3. The Kier molecular flexibility index (Phi) is 5.52. The molecule has 36 heavy (non-hydrogen) atoms. The molecule has 0 amide bonds. The Labute approximate surface area is 210 Å². The highest BCUT2D eigenvalue weighted by atomic mass is 16.5. The highest BCUT2D eigenvalue weighted by molar-refractivity contribution is 6.41. The molecule has 3 aliphatic rings. The van der Waals surface area contributed by atoms with Crippen LogP contribution in [0, 0.1) is 0 Å². The monoisotopic (exact) mass is 478 g/mol. The number of ether oxygens (including phenoxy) is 2. The molecule has 7 nitrogen and oxygen atoms in total. The Bertz CT molecular complexity index is 1430. The van der Waals surface area contributed by atoms with Crippen LogP contribution < -0.4 is 9.75 Å². The summed E-state index contributed by atoms with van der Waals surface area (Å²) >= 11 is 0. The Morgan fingerprint density at radius 2 is 1.81 bits per heavy atom. The van der Waals surface area contributed by atoms with Crippen LogP contribution >= 0.6 is 0 Å². The Hall–Kier alpha value is -4.39. The summed E-state index contributed by atoms with van der Waals surface area (Å²) in [6.07, 6.45) is 1.73. The number of amidine groups is 1. The van der Waals surface area contributed by atoms with E-state index in [4.69, 9.17) is 19.6 Å². The van der Waals surface area contributed by atoms with Gasteiger partial charge in [0.05, 0.1) is 31.1 Å². The number of hydrogen-bond acceptors (Lipinski definition) is 7. The predicted octanol–water partition coefficient (Wildman–Crippen LogP) is 5.16. The van der Waals surface area contributed by atoms with Crippen molar-refractivity contribution in [2.75, 3.05) is 18.7 Å².